The summed E-state index contributed by atoms with van der Waals surface area (Å²) in [6, 6.07) is 57.6. The number of benzene rings is 7. The van der Waals surface area contributed by atoms with Gasteiger partial charge in [0.2, 0.25) is 0 Å². The number of fused-ring (bicyclic) bond motifs is 10. The Balaban J connectivity index is 1.16. The summed E-state index contributed by atoms with van der Waals surface area (Å²) < 4.78 is 7.50. The summed E-state index contributed by atoms with van der Waals surface area (Å²) in [5, 5.41) is 7.80. The largest absolute Gasteiger partial charge is 0.309 e. The van der Waals surface area contributed by atoms with E-state index in [1.165, 1.54) is 86.3 Å². The second-order valence-electron chi connectivity index (χ2n) is 11.8. The number of para-hydroxylation sites is 3. The number of hydrogen-bond acceptors (Lipinski definition) is 1. The molecular weight excluding hydrogens is 565 g/mol. The molecule has 45 heavy (non-hydrogen) atoms. The van der Waals surface area contributed by atoms with Crippen LogP contribution in [0.15, 0.2) is 158 Å². The van der Waals surface area contributed by atoms with Gasteiger partial charge < -0.3 is 9.13 Å². The fraction of sp³-hybridized carbons (Fsp3) is 0. The van der Waals surface area contributed by atoms with E-state index < -0.39 is 0 Å². The van der Waals surface area contributed by atoms with Crippen molar-refractivity contribution in [2.24, 2.45) is 0 Å². The molecule has 0 atom stereocenters. The van der Waals surface area contributed by atoms with Gasteiger partial charge in [-0.05, 0) is 65.7 Å². The maximum absolute atomic E-state index is 2.47. The van der Waals surface area contributed by atoms with Gasteiger partial charge in [0.05, 0.1) is 22.1 Å². The third-order valence-electron chi connectivity index (χ3n) is 9.32. The van der Waals surface area contributed by atoms with Gasteiger partial charge in [0.1, 0.15) is 0 Å². The molecule has 0 aliphatic rings. The smallest absolute Gasteiger partial charge is 0.0634 e. The molecule has 2 nitrogen and oxygen atoms in total. The maximum Gasteiger partial charge on any atom is 0.0634 e. The molecule has 7 aromatic carbocycles. The van der Waals surface area contributed by atoms with Crippen molar-refractivity contribution in [3.63, 3.8) is 0 Å². The zero-order valence-electron chi connectivity index (χ0n) is 24.3. The first-order valence-corrected chi connectivity index (χ1v) is 16.2. The normalized spacial score (nSPS) is 12.0. The summed E-state index contributed by atoms with van der Waals surface area (Å²) in [6.45, 7) is 0. The van der Waals surface area contributed by atoms with Crippen molar-refractivity contribution in [1.82, 2.24) is 9.13 Å². The minimum absolute atomic E-state index is 1.17. The van der Waals surface area contributed by atoms with Crippen LogP contribution in [0, 0.1) is 0 Å². The van der Waals surface area contributed by atoms with Gasteiger partial charge in [0.25, 0.3) is 0 Å². The lowest BCUT2D eigenvalue weighted by Gasteiger charge is -2.12. The second-order valence-corrected chi connectivity index (χ2v) is 12.8. The van der Waals surface area contributed by atoms with Crippen LogP contribution in [-0.4, -0.2) is 9.13 Å². The fourth-order valence-corrected chi connectivity index (χ4v) is 8.47. The van der Waals surface area contributed by atoms with Crippen LogP contribution in [0.25, 0.3) is 86.3 Å². The molecule has 0 N–H and O–H groups in total. The highest BCUT2D eigenvalue weighted by Crippen LogP contribution is 2.43. The van der Waals surface area contributed by atoms with Crippen LogP contribution >= 0.6 is 11.3 Å². The topological polar surface area (TPSA) is 9.86 Å². The van der Waals surface area contributed by atoms with Crippen LogP contribution in [0.3, 0.4) is 0 Å². The molecule has 0 saturated heterocycles. The summed E-state index contributed by atoms with van der Waals surface area (Å²) in [5.41, 5.74) is 9.72. The van der Waals surface area contributed by atoms with Gasteiger partial charge in [-0.3, -0.25) is 0 Å². The molecule has 0 unspecified atom stereocenters. The van der Waals surface area contributed by atoms with E-state index in [2.05, 4.69) is 167 Å². The molecule has 210 valence electrons. The van der Waals surface area contributed by atoms with Gasteiger partial charge in [0, 0.05) is 53.1 Å². The quantitative estimate of drug-likeness (QED) is 0.194. The van der Waals surface area contributed by atoms with E-state index in [1.54, 1.807) is 0 Å². The van der Waals surface area contributed by atoms with Crippen LogP contribution in [0.1, 0.15) is 0 Å². The molecule has 3 heterocycles. The first kappa shape index (κ1) is 24.8. The van der Waals surface area contributed by atoms with Gasteiger partial charge in [0.15, 0.2) is 0 Å². The molecule has 0 fully saturated rings. The van der Waals surface area contributed by atoms with Crippen molar-refractivity contribution in [3.8, 4) is 22.5 Å². The van der Waals surface area contributed by atoms with E-state index in [-0.39, 0.29) is 0 Å². The summed E-state index contributed by atoms with van der Waals surface area (Å²) in [6.07, 6.45) is 0. The summed E-state index contributed by atoms with van der Waals surface area (Å²) in [4.78, 5) is 0. The molecule has 0 spiro atoms. The highest BCUT2D eigenvalue weighted by atomic mass is 32.1. The Bertz CT molecular complexity index is 2700. The molecule has 0 aliphatic carbocycles. The molecular formula is C42H26N2S. The van der Waals surface area contributed by atoms with Crippen molar-refractivity contribution >= 4 is 75.1 Å². The molecule has 3 heteroatoms. The highest BCUT2D eigenvalue weighted by molar-refractivity contribution is 7.26. The molecule has 0 bridgehead atoms. The molecule has 0 radical (unpaired) electrons. The SMILES string of the molecule is c1cc(-c2ccc(-n3c4ccccc4c4ccccc43)cc2)cc(-n2c3ccccc3c3ccc4sc5ccccc5c4c32)c1. The number of thiophene rings is 1. The predicted molar refractivity (Wildman–Crippen MR) is 193 cm³/mol. The second kappa shape index (κ2) is 9.43. The van der Waals surface area contributed by atoms with Crippen LogP contribution in [-0.2, 0) is 0 Å². The maximum atomic E-state index is 2.47. The Labute approximate surface area is 263 Å². The van der Waals surface area contributed by atoms with E-state index in [0.717, 1.165) is 0 Å². The van der Waals surface area contributed by atoms with Crippen LogP contribution in [0.4, 0.5) is 0 Å². The summed E-state index contributed by atoms with van der Waals surface area (Å²) >= 11 is 1.88. The monoisotopic (exact) mass is 590 g/mol. The lowest BCUT2D eigenvalue weighted by atomic mass is 10.0. The first-order valence-electron chi connectivity index (χ1n) is 15.4. The van der Waals surface area contributed by atoms with Crippen molar-refractivity contribution < 1.29 is 0 Å². The third kappa shape index (κ3) is 3.56. The Morgan fingerprint density at radius 3 is 1.67 bits per heavy atom. The van der Waals surface area contributed by atoms with E-state index >= 15 is 0 Å². The van der Waals surface area contributed by atoms with Crippen LogP contribution in [0.5, 0.6) is 0 Å². The molecule has 3 aromatic heterocycles. The minimum Gasteiger partial charge on any atom is -0.309 e. The highest BCUT2D eigenvalue weighted by Gasteiger charge is 2.18. The first-order chi connectivity index (χ1) is 22.3. The van der Waals surface area contributed by atoms with Crippen molar-refractivity contribution in [3.05, 3.63) is 158 Å². The lowest BCUT2D eigenvalue weighted by molar-refractivity contribution is 1.18. The zero-order valence-corrected chi connectivity index (χ0v) is 25.1. The molecule has 0 saturated carbocycles. The average molecular weight is 591 g/mol. The van der Waals surface area contributed by atoms with Gasteiger partial charge in [-0.15, -0.1) is 11.3 Å². The Hall–Kier alpha value is -5.64. The fourth-order valence-electron chi connectivity index (χ4n) is 7.36. The van der Waals surface area contributed by atoms with Crippen molar-refractivity contribution in [2.45, 2.75) is 0 Å². The average Bonchev–Trinajstić information content (AvgIpc) is 3.76. The third-order valence-corrected chi connectivity index (χ3v) is 10.5. The lowest BCUT2D eigenvalue weighted by Crippen LogP contribution is -1.95. The number of nitrogens with zero attached hydrogens (tertiary/aromatic N) is 2. The van der Waals surface area contributed by atoms with E-state index in [9.17, 15) is 0 Å². The number of hydrogen-bond donors (Lipinski definition) is 0. The molecule has 0 aliphatic heterocycles. The molecule has 10 aromatic rings. The molecule has 0 amide bonds. The van der Waals surface area contributed by atoms with E-state index in [1.807, 2.05) is 11.3 Å². The predicted octanol–water partition coefficient (Wildman–Crippen LogP) is 11.9. The standard InChI is InChI=1S/C42H26N2S/c1-5-16-36-31(12-1)32-13-2-6-17-37(32)43(36)29-22-20-27(21-23-29)28-10-9-11-30(26-28)44-38-18-7-3-14-33(38)34-24-25-40-41(42(34)44)35-15-4-8-19-39(35)45-40/h1-26H. The van der Waals surface area contributed by atoms with Crippen molar-refractivity contribution in [2.75, 3.05) is 0 Å². The van der Waals surface area contributed by atoms with Gasteiger partial charge >= 0.3 is 0 Å². The van der Waals surface area contributed by atoms with Gasteiger partial charge in [-0.25, -0.2) is 0 Å². The van der Waals surface area contributed by atoms with Crippen LogP contribution in [0.2, 0.25) is 0 Å². The number of aromatic nitrogens is 2. The summed E-state index contributed by atoms with van der Waals surface area (Å²) in [5.74, 6) is 0. The van der Waals surface area contributed by atoms with E-state index in [4.69, 9.17) is 0 Å². The zero-order chi connectivity index (χ0) is 29.5. The Morgan fingerprint density at radius 1 is 0.356 bits per heavy atom. The van der Waals surface area contributed by atoms with E-state index in [0.29, 0.717) is 0 Å². The van der Waals surface area contributed by atoms with Crippen LogP contribution < -0.4 is 0 Å². The van der Waals surface area contributed by atoms with Gasteiger partial charge in [-0.1, -0.05) is 103 Å². The van der Waals surface area contributed by atoms with Gasteiger partial charge in [-0.2, -0.15) is 0 Å². The Morgan fingerprint density at radius 2 is 0.956 bits per heavy atom. The molecule has 10 rings (SSSR count). The minimum atomic E-state index is 1.17. The summed E-state index contributed by atoms with van der Waals surface area (Å²) in [7, 11) is 0. The van der Waals surface area contributed by atoms with Crippen molar-refractivity contribution in [1.29, 1.82) is 0 Å². The Kier molecular flexibility index (Phi) is 5.19. The number of rotatable bonds is 3.